The number of rotatable bonds is 6. The predicted octanol–water partition coefficient (Wildman–Crippen LogP) is 2.98. The molecule has 6 heteroatoms. The van der Waals surface area contributed by atoms with Crippen molar-refractivity contribution in [1.82, 2.24) is 9.21 Å². The van der Waals surface area contributed by atoms with E-state index >= 15 is 0 Å². The highest BCUT2D eigenvalue weighted by molar-refractivity contribution is 7.89. The van der Waals surface area contributed by atoms with Crippen LogP contribution < -0.4 is 0 Å². The maximum atomic E-state index is 12.5. The van der Waals surface area contributed by atoms with Gasteiger partial charge in [0.25, 0.3) is 5.91 Å². The lowest BCUT2D eigenvalue weighted by atomic mass is 9.99. The van der Waals surface area contributed by atoms with Crippen molar-refractivity contribution in [2.45, 2.75) is 44.4 Å². The fraction of sp³-hybridized carbons (Fsp3) is 0.611. The predicted molar refractivity (Wildman–Crippen MR) is 95.5 cm³/mol. The molecule has 1 aromatic rings. The Balaban J connectivity index is 2.11. The van der Waals surface area contributed by atoms with Gasteiger partial charge in [-0.25, -0.2) is 12.7 Å². The lowest BCUT2D eigenvalue weighted by Crippen LogP contribution is -2.39. The van der Waals surface area contributed by atoms with Crippen LogP contribution in [0.25, 0.3) is 0 Å². The maximum Gasteiger partial charge on any atom is 0.253 e. The summed E-state index contributed by atoms with van der Waals surface area (Å²) in [5.74, 6) is 0.513. The smallest absolute Gasteiger partial charge is 0.253 e. The standard InChI is InChI=1S/C18H28N2O3S/c1-4-5-12-19(3)24(22,23)17-10-8-16(9-11-17)18(21)20-13-6-7-15(2)14-20/h8-11,15H,4-7,12-14H2,1-3H3. The minimum absolute atomic E-state index is 0.00941. The van der Waals surface area contributed by atoms with Crippen LogP contribution in [0.3, 0.4) is 0 Å². The van der Waals surface area contributed by atoms with Crippen LogP contribution >= 0.6 is 0 Å². The highest BCUT2D eigenvalue weighted by Crippen LogP contribution is 2.20. The van der Waals surface area contributed by atoms with Gasteiger partial charge >= 0.3 is 0 Å². The van der Waals surface area contributed by atoms with Crippen molar-refractivity contribution in [3.63, 3.8) is 0 Å². The molecule has 1 aliphatic rings. The van der Waals surface area contributed by atoms with Gasteiger partial charge in [-0.15, -0.1) is 0 Å². The summed E-state index contributed by atoms with van der Waals surface area (Å²) in [4.78, 5) is 14.7. The molecule has 24 heavy (non-hydrogen) atoms. The minimum atomic E-state index is -3.48. The summed E-state index contributed by atoms with van der Waals surface area (Å²) in [6.45, 7) is 6.25. The number of hydrogen-bond acceptors (Lipinski definition) is 3. The molecule has 1 unspecified atom stereocenters. The molecule has 134 valence electrons. The van der Waals surface area contributed by atoms with Gasteiger partial charge in [-0.1, -0.05) is 20.3 Å². The first kappa shape index (κ1) is 18.9. The van der Waals surface area contributed by atoms with Gasteiger partial charge in [0.1, 0.15) is 0 Å². The van der Waals surface area contributed by atoms with E-state index in [1.807, 2.05) is 11.8 Å². The number of benzene rings is 1. The van der Waals surface area contributed by atoms with E-state index in [2.05, 4.69) is 6.92 Å². The van der Waals surface area contributed by atoms with Crippen molar-refractivity contribution in [3.8, 4) is 0 Å². The van der Waals surface area contributed by atoms with E-state index in [-0.39, 0.29) is 10.8 Å². The first-order chi connectivity index (χ1) is 11.4. The van der Waals surface area contributed by atoms with Crippen LogP contribution in [0.4, 0.5) is 0 Å². The van der Waals surface area contributed by atoms with Gasteiger partial charge in [-0.3, -0.25) is 4.79 Å². The number of piperidine rings is 1. The summed E-state index contributed by atoms with van der Waals surface area (Å²) in [6.07, 6.45) is 3.97. The number of nitrogens with zero attached hydrogens (tertiary/aromatic N) is 2. The molecule has 1 fully saturated rings. The molecule has 1 atom stereocenters. The fourth-order valence-corrected chi connectivity index (χ4v) is 4.22. The summed E-state index contributed by atoms with van der Waals surface area (Å²) >= 11 is 0. The number of carbonyl (C=O) groups is 1. The molecule has 1 aromatic carbocycles. The van der Waals surface area contributed by atoms with E-state index in [4.69, 9.17) is 0 Å². The van der Waals surface area contributed by atoms with Crippen LogP contribution in [0.15, 0.2) is 29.2 Å². The van der Waals surface area contributed by atoms with E-state index < -0.39 is 10.0 Å². The summed E-state index contributed by atoms with van der Waals surface area (Å²) in [5, 5.41) is 0. The molecule has 1 saturated heterocycles. The first-order valence-electron chi connectivity index (χ1n) is 8.72. The number of carbonyl (C=O) groups excluding carboxylic acids is 1. The SMILES string of the molecule is CCCCN(C)S(=O)(=O)c1ccc(C(=O)N2CCCC(C)C2)cc1. The number of likely N-dealkylation sites (tertiary alicyclic amines) is 1. The van der Waals surface area contributed by atoms with E-state index in [1.165, 1.54) is 4.31 Å². The largest absolute Gasteiger partial charge is 0.338 e. The Hall–Kier alpha value is -1.40. The van der Waals surface area contributed by atoms with Crippen LogP contribution in [-0.2, 0) is 10.0 Å². The molecular formula is C18H28N2O3S. The zero-order valence-corrected chi connectivity index (χ0v) is 15.7. The number of hydrogen-bond donors (Lipinski definition) is 0. The highest BCUT2D eigenvalue weighted by Gasteiger charge is 2.24. The van der Waals surface area contributed by atoms with Gasteiger partial charge in [0.05, 0.1) is 4.90 Å². The molecule has 1 amide bonds. The van der Waals surface area contributed by atoms with E-state index in [1.54, 1.807) is 31.3 Å². The second-order valence-electron chi connectivity index (χ2n) is 6.70. The summed E-state index contributed by atoms with van der Waals surface area (Å²) in [7, 11) is -1.88. The van der Waals surface area contributed by atoms with Crippen molar-refractivity contribution >= 4 is 15.9 Å². The monoisotopic (exact) mass is 352 g/mol. The minimum Gasteiger partial charge on any atom is -0.338 e. The van der Waals surface area contributed by atoms with Crippen molar-refractivity contribution < 1.29 is 13.2 Å². The lowest BCUT2D eigenvalue weighted by Gasteiger charge is -2.31. The third kappa shape index (κ3) is 4.36. The normalized spacial score (nSPS) is 18.8. The third-order valence-corrected chi connectivity index (χ3v) is 6.45. The van der Waals surface area contributed by atoms with Gasteiger partial charge in [-0.2, -0.15) is 0 Å². The quantitative estimate of drug-likeness (QED) is 0.791. The van der Waals surface area contributed by atoms with Gasteiger partial charge in [-0.05, 0) is 49.4 Å². The van der Waals surface area contributed by atoms with Crippen LogP contribution in [0.5, 0.6) is 0 Å². The second kappa shape index (κ2) is 8.12. The van der Waals surface area contributed by atoms with Gasteiger partial charge in [0.2, 0.25) is 10.0 Å². The highest BCUT2D eigenvalue weighted by atomic mass is 32.2. The molecule has 0 aliphatic carbocycles. The Morgan fingerprint density at radius 1 is 1.29 bits per heavy atom. The van der Waals surface area contributed by atoms with Crippen LogP contribution in [0.2, 0.25) is 0 Å². The fourth-order valence-electron chi connectivity index (χ4n) is 3.01. The van der Waals surface area contributed by atoms with Gasteiger partial charge in [0, 0.05) is 32.2 Å². The van der Waals surface area contributed by atoms with Crippen molar-refractivity contribution in [2.75, 3.05) is 26.7 Å². The Kier molecular flexibility index (Phi) is 6.40. The zero-order valence-electron chi connectivity index (χ0n) is 14.9. The third-order valence-electron chi connectivity index (χ3n) is 4.58. The summed E-state index contributed by atoms with van der Waals surface area (Å²) < 4.78 is 26.4. The van der Waals surface area contributed by atoms with Gasteiger partial charge in [0.15, 0.2) is 0 Å². The molecule has 0 N–H and O–H groups in total. The van der Waals surface area contributed by atoms with Gasteiger partial charge < -0.3 is 4.90 Å². The summed E-state index contributed by atoms with van der Waals surface area (Å²) in [6, 6.07) is 6.33. The molecule has 0 saturated carbocycles. The second-order valence-corrected chi connectivity index (χ2v) is 8.75. The van der Waals surface area contributed by atoms with Crippen LogP contribution in [-0.4, -0.2) is 50.2 Å². The number of amides is 1. The lowest BCUT2D eigenvalue weighted by molar-refractivity contribution is 0.0683. The molecular weight excluding hydrogens is 324 g/mol. The van der Waals surface area contributed by atoms with E-state index in [0.717, 1.165) is 38.8 Å². The average Bonchev–Trinajstić information content (AvgIpc) is 2.59. The van der Waals surface area contributed by atoms with Crippen molar-refractivity contribution in [2.24, 2.45) is 5.92 Å². The van der Waals surface area contributed by atoms with Crippen LogP contribution in [0, 0.1) is 5.92 Å². The number of sulfonamides is 1. The molecule has 0 bridgehead atoms. The molecule has 2 rings (SSSR count). The van der Waals surface area contributed by atoms with Crippen LogP contribution in [0.1, 0.15) is 49.9 Å². The molecule has 1 aliphatic heterocycles. The topological polar surface area (TPSA) is 57.7 Å². The van der Waals surface area contributed by atoms with E-state index in [9.17, 15) is 13.2 Å². The maximum absolute atomic E-state index is 12.5. The van der Waals surface area contributed by atoms with Crippen molar-refractivity contribution in [3.05, 3.63) is 29.8 Å². The van der Waals surface area contributed by atoms with E-state index in [0.29, 0.717) is 18.0 Å². The Bertz CT molecular complexity index is 655. The summed E-state index contributed by atoms with van der Waals surface area (Å²) in [5.41, 5.74) is 0.555. The molecule has 0 aromatic heterocycles. The number of unbranched alkanes of at least 4 members (excludes halogenated alkanes) is 1. The molecule has 1 heterocycles. The zero-order chi connectivity index (χ0) is 17.7. The Labute approximate surface area is 145 Å². The first-order valence-corrected chi connectivity index (χ1v) is 10.2. The van der Waals surface area contributed by atoms with Crippen molar-refractivity contribution in [1.29, 1.82) is 0 Å². The average molecular weight is 353 g/mol. The molecule has 5 nitrogen and oxygen atoms in total. The Morgan fingerprint density at radius 2 is 1.96 bits per heavy atom. The molecule has 0 spiro atoms. The Morgan fingerprint density at radius 3 is 2.54 bits per heavy atom. The molecule has 0 radical (unpaired) electrons.